The lowest BCUT2D eigenvalue weighted by molar-refractivity contribution is 0.315. The van der Waals surface area contributed by atoms with E-state index in [0.29, 0.717) is 5.92 Å². The summed E-state index contributed by atoms with van der Waals surface area (Å²) in [4.78, 5) is 6.98. The Kier molecular flexibility index (Phi) is 4.43. The van der Waals surface area contributed by atoms with Gasteiger partial charge in [0.05, 0.1) is 5.69 Å². The van der Waals surface area contributed by atoms with Crippen LogP contribution in [0.2, 0.25) is 0 Å². The summed E-state index contributed by atoms with van der Waals surface area (Å²) in [5.74, 6) is 2.59. The quantitative estimate of drug-likeness (QED) is 0.920. The van der Waals surface area contributed by atoms with Crippen LogP contribution in [0.1, 0.15) is 29.1 Å². The van der Waals surface area contributed by atoms with Crippen molar-refractivity contribution in [3.8, 4) is 0 Å². The van der Waals surface area contributed by atoms with Crippen molar-refractivity contribution in [3.63, 3.8) is 0 Å². The fourth-order valence-electron chi connectivity index (χ4n) is 3.06. The molecule has 2 aromatic rings. The van der Waals surface area contributed by atoms with E-state index in [1.807, 2.05) is 39.0 Å². The molecule has 0 unspecified atom stereocenters. The van der Waals surface area contributed by atoms with Crippen molar-refractivity contribution in [2.24, 2.45) is 5.92 Å². The van der Waals surface area contributed by atoms with Gasteiger partial charge in [0.2, 0.25) is 0 Å². The molecule has 0 radical (unpaired) electrons. The predicted molar refractivity (Wildman–Crippen MR) is 86.8 cm³/mol. The van der Waals surface area contributed by atoms with Crippen LogP contribution >= 0.6 is 0 Å². The summed E-state index contributed by atoms with van der Waals surface area (Å²) >= 11 is 0. The van der Waals surface area contributed by atoms with Crippen LogP contribution < -0.4 is 5.32 Å². The minimum atomic E-state index is 0.669. The smallest absolute Gasteiger partial charge is 0.138 e. The summed E-state index contributed by atoms with van der Waals surface area (Å²) in [6.07, 6.45) is 1.22. The van der Waals surface area contributed by atoms with Crippen molar-refractivity contribution in [1.29, 1.82) is 0 Å². The number of hydrogen-bond acceptors (Lipinski definition) is 5. The summed E-state index contributed by atoms with van der Waals surface area (Å²) in [6.45, 7) is 10.2. The van der Waals surface area contributed by atoms with Gasteiger partial charge >= 0.3 is 0 Å². The molecule has 0 aliphatic carbocycles. The zero-order chi connectivity index (χ0) is 15.5. The van der Waals surface area contributed by atoms with Crippen LogP contribution in [0.3, 0.4) is 0 Å². The SMILES string of the molecule is Cc1cccc(NC[C@@H]2CCN(Cc3c(C)noc3C)C2)n1. The molecule has 1 atom stereocenters. The molecule has 5 nitrogen and oxygen atoms in total. The monoisotopic (exact) mass is 300 g/mol. The number of aromatic nitrogens is 2. The molecule has 2 aromatic heterocycles. The average molecular weight is 300 g/mol. The first kappa shape index (κ1) is 15.0. The summed E-state index contributed by atoms with van der Waals surface area (Å²) < 4.78 is 5.25. The molecule has 1 N–H and O–H groups in total. The maximum absolute atomic E-state index is 5.25. The van der Waals surface area contributed by atoms with Gasteiger partial charge < -0.3 is 9.84 Å². The fourth-order valence-corrected chi connectivity index (χ4v) is 3.06. The largest absolute Gasteiger partial charge is 0.370 e. The third-order valence-electron chi connectivity index (χ3n) is 4.39. The summed E-state index contributed by atoms with van der Waals surface area (Å²) in [5, 5.41) is 7.50. The lowest BCUT2D eigenvalue weighted by Gasteiger charge is -2.16. The zero-order valence-electron chi connectivity index (χ0n) is 13.6. The van der Waals surface area contributed by atoms with Crippen molar-refractivity contribution >= 4 is 5.82 Å². The van der Waals surface area contributed by atoms with Crippen molar-refractivity contribution in [2.45, 2.75) is 33.7 Å². The fraction of sp³-hybridized carbons (Fsp3) is 0.529. The molecular weight excluding hydrogens is 276 g/mol. The second-order valence-electron chi connectivity index (χ2n) is 6.24. The third kappa shape index (κ3) is 3.47. The van der Waals surface area contributed by atoms with Crippen LogP contribution in [-0.4, -0.2) is 34.7 Å². The lowest BCUT2D eigenvalue weighted by atomic mass is 10.1. The van der Waals surface area contributed by atoms with Gasteiger partial charge in [0.25, 0.3) is 0 Å². The van der Waals surface area contributed by atoms with Crippen molar-refractivity contribution < 1.29 is 4.52 Å². The van der Waals surface area contributed by atoms with Gasteiger partial charge in [-0.2, -0.15) is 0 Å². The first-order chi connectivity index (χ1) is 10.6. The first-order valence-electron chi connectivity index (χ1n) is 7.93. The van der Waals surface area contributed by atoms with E-state index in [4.69, 9.17) is 4.52 Å². The second kappa shape index (κ2) is 6.48. The predicted octanol–water partition coefficient (Wildman–Crippen LogP) is 2.93. The molecule has 3 heterocycles. The van der Waals surface area contributed by atoms with E-state index in [9.17, 15) is 0 Å². The van der Waals surface area contributed by atoms with Crippen molar-refractivity contribution in [2.75, 3.05) is 25.0 Å². The number of rotatable bonds is 5. The van der Waals surface area contributed by atoms with Crippen LogP contribution in [0.25, 0.3) is 0 Å². The highest BCUT2D eigenvalue weighted by molar-refractivity contribution is 5.35. The molecule has 1 saturated heterocycles. The standard InChI is InChI=1S/C17H24N4O/c1-12-5-4-6-17(19-12)18-9-15-7-8-21(10-15)11-16-13(2)20-22-14(16)3/h4-6,15H,7-11H2,1-3H3,(H,18,19)/t15-/m0/s1. The molecule has 0 amide bonds. The molecular formula is C17H24N4O. The van der Waals surface area contributed by atoms with Gasteiger partial charge in [-0.05, 0) is 51.8 Å². The van der Waals surface area contributed by atoms with E-state index in [0.717, 1.165) is 49.1 Å². The first-order valence-corrected chi connectivity index (χ1v) is 7.93. The van der Waals surface area contributed by atoms with Crippen molar-refractivity contribution in [3.05, 3.63) is 40.9 Å². The number of nitrogens with one attached hydrogen (secondary N) is 1. The van der Waals surface area contributed by atoms with E-state index in [2.05, 4.69) is 20.4 Å². The van der Waals surface area contributed by atoms with E-state index in [1.54, 1.807) is 0 Å². The van der Waals surface area contributed by atoms with Crippen LogP contribution in [0.4, 0.5) is 5.82 Å². The highest BCUT2D eigenvalue weighted by atomic mass is 16.5. The number of pyridine rings is 1. The van der Waals surface area contributed by atoms with E-state index in [-0.39, 0.29) is 0 Å². The van der Waals surface area contributed by atoms with E-state index < -0.39 is 0 Å². The Morgan fingerprint density at radius 3 is 2.91 bits per heavy atom. The Labute approximate surface area is 131 Å². The highest BCUT2D eigenvalue weighted by Gasteiger charge is 2.24. The molecule has 22 heavy (non-hydrogen) atoms. The van der Waals surface area contributed by atoms with Gasteiger partial charge in [-0.25, -0.2) is 4.98 Å². The maximum atomic E-state index is 5.25. The van der Waals surface area contributed by atoms with Crippen LogP contribution in [0.5, 0.6) is 0 Å². The number of nitrogens with zero attached hydrogens (tertiary/aromatic N) is 3. The molecule has 1 aliphatic rings. The Bertz CT molecular complexity index is 618. The number of aryl methyl sites for hydroxylation is 3. The van der Waals surface area contributed by atoms with Crippen LogP contribution in [0, 0.1) is 26.7 Å². The second-order valence-corrected chi connectivity index (χ2v) is 6.24. The lowest BCUT2D eigenvalue weighted by Crippen LogP contribution is -2.23. The molecule has 3 rings (SSSR count). The minimum absolute atomic E-state index is 0.669. The number of anilines is 1. The van der Waals surface area contributed by atoms with Gasteiger partial charge in [0, 0.05) is 30.9 Å². The third-order valence-corrected chi connectivity index (χ3v) is 4.39. The Morgan fingerprint density at radius 2 is 2.18 bits per heavy atom. The topological polar surface area (TPSA) is 54.2 Å². The van der Waals surface area contributed by atoms with Crippen LogP contribution in [-0.2, 0) is 6.54 Å². The Balaban J connectivity index is 1.50. The molecule has 0 spiro atoms. The van der Waals surface area contributed by atoms with Gasteiger partial charge in [0.1, 0.15) is 11.6 Å². The molecule has 0 saturated carbocycles. The molecule has 118 valence electrons. The molecule has 5 heteroatoms. The number of hydrogen-bond donors (Lipinski definition) is 1. The van der Waals surface area contributed by atoms with E-state index >= 15 is 0 Å². The molecule has 0 aromatic carbocycles. The zero-order valence-corrected chi connectivity index (χ0v) is 13.6. The summed E-state index contributed by atoms with van der Waals surface area (Å²) in [5.41, 5.74) is 3.31. The van der Waals surface area contributed by atoms with Crippen molar-refractivity contribution in [1.82, 2.24) is 15.0 Å². The van der Waals surface area contributed by atoms with Gasteiger partial charge in [0.15, 0.2) is 0 Å². The maximum Gasteiger partial charge on any atom is 0.138 e. The van der Waals surface area contributed by atoms with E-state index in [1.165, 1.54) is 12.0 Å². The Hall–Kier alpha value is -1.88. The minimum Gasteiger partial charge on any atom is -0.370 e. The van der Waals surface area contributed by atoms with Crippen LogP contribution in [0.15, 0.2) is 22.7 Å². The Morgan fingerprint density at radius 1 is 1.32 bits per heavy atom. The molecule has 1 aliphatic heterocycles. The molecule has 0 bridgehead atoms. The van der Waals surface area contributed by atoms with Gasteiger partial charge in [-0.1, -0.05) is 11.2 Å². The van der Waals surface area contributed by atoms with Gasteiger partial charge in [-0.3, -0.25) is 4.90 Å². The highest BCUT2D eigenvalue weighted by Crippen LogP contribution is 2.22. The van der Waals surface area contributed by atoms with Gasteiger partial charge in [-0.15, -0.1) is 0 Å². The summed E-state index contributed by atoms with van der Waals surface area (Å²) in [7, 11) is 0. The summed E-state index contributed by atoms with van der Waals surface area (Å²) in [6, 6.07) is 6.10. The molecule has 1 fully saturated rings. The normalized spacial score (nSPS) is 18.8. The average Bonchev–Trinajstić information content (AvgIpc) is 3.07. The number of likely N-dealkylation sites (tertiary alicyclic amines) is 1.